The summed E-state index contributed by atoms with van der Waals surface area (Å²) in [7, 11) is 0. The molecular formula is C13H15N3O5. The summed E-state index contributed by atoms with van der Waals surface area (Å²) < 4.78 is 0. The second-order valence-corrected chi connectivity index (χ2v) is 4.77. The van der Waals surface area contributed by atoms with Gasteiger partial charge in [-0.05, 0) is 24.3 Å². The Bertz CT molecular complexity index is 572. The number of anilines is 1. The number of rotatable bonds is 3. The van der Waals surface area contributed by atoms with Crippen LogP contribution in [0.3, 0.4) is 0 Å². The van der Waals surface area contributed by atoms with Crippen LogP contribution in [-0.2, 0) is 4.79 Å². The number of nitrogens with zero attached hydrogens (tertiary/aromatic N) is 1. The van der Waals surface area contributed by atoms with Crippen LogP contribution in [0.15, 0.2) is 24.3 Å². The lowest BCUT2D eigenvalue weighted by Gasteiger charge is -2.21. The van der Waals surface area contributed by atoms with Crippen LogP contribution in [-0.4, -0.2) is 51.7 Å². The molecule has 0 bridgehead atoms. The van der Waals surface area contributed by atoms with Gasteiger partial charge in [-0.1, -0.05) is 0 Å². The number of nitrogens with one attached hydrogen (secondary N) is 1. The van der Waals surface area contributed by atoms with Crippen molar-refractivity contribution in [1.82, 2.24) is 4.90 Å². The summed E-state index contributed by atoms with van der Waals surface area (Å²) in [6.45, 7) is -0.0168. The molecule has 8 nitrogen and oxygen atoms in total. The Morgan fingerprint density at radius 1 is 1.24 bits per heavy atom. The van der Waals surface area contributed by atoms with E-state index in [1.54, 1.807) is 0 Å². The fraction of sp³-hybridized carbons (Fsp3) is 0.308. The molecule has 1 aromatic rings. The molecule has 1 aromatic carbocycles. The maximum absolute atomic E-state index is 12.3. The van der Waals surface area contributed by atoms with E-state index in [1.165, 1.54) is 24.3 Å². The van der Waals surface area contributed by atoms with Crippen molar-refractivity contribution < 1.29 is 24.6 Å². The predicted octanol–water partition coefficient (Wildman–Crippen LogP) is -0.163. The number of carbonyl (C=O) groups is 3. The normalized spacial score (nSPS) is 21.1. The maximum atomic E-state index is 12.3. The molecule has 112 valence electrons. The highest BCUT2D eigenvalue weighted by Gasteiger charge is 2.39. The minimum absolute atomic E-state index is 0.0163. The van der Waals surface area contributed by atoms with Crippen LogP contribution in [0.25, 0.3) is 0 Å². The van der Waals surface area contributed by atoms with E-state index in [0.29, 0.717) is 5.69 Å². The molecule has 0 aromatic heterocycles. The van der Waals surface area contributed by atoms with Crippen molar-refractivity contribution in [1.29, 1.82) is 0 Å². The second-order valence-electron chi connectivity index (χ2n) is 4.77. The SMILES string of the molecule is NC(=O)Nc1ccc(C(=O)N2CC(O)C[C@H]2C(=O)O)cc1. The van der Waals surface area contributed by atoms with Crippen LogP contribution in [0.2, 0.25) is 0 Å². The molecule has 2 rings (SSSR count). The minimum Gasteiger partial charge on any atom is -0.480 e. The summed E-state index contributed by atoms with van der Waals surface area (Å²) in [4.78, 5) is 35.2. The van der Waals surface area contributed by atoms with Gasteiger partial charge in [0, 0.05) is 24.2 Å². The molecule has 8 heteroatoms. The lowest BCUT2D eigenvalue weighted by atomic mass is 10.1. The first-order chi connectivity index (χ1) is 9.88. The number of benzene rings is 1. The van der Waals surface area contributed by atoms with Gasteiger partial charge >= 0.3 is 12.0 Å². The van der Waals surface area contributed by atoms with E-state index in [0.717, 1.165) is 4.90 Å². The standard InChI is InChI=1S/C13H15N3O5/c14-13(21)15-8-3-1-7(2-4-8)11(18)16-6-9(17)5-10(16)12(19)20/h1-4,9-10,17H,5-6H2,(H,19,20)(H3,14,15,21)/t9?,10-/m0/s1. The number of hydrogen-bond acceptors (Lipinski definition) is 4. The largest absolute Gasteiger partial charge is 0.480 e. The number of aliphatic hydroxyl groups is 1. The van der Waals surface area contributed by atoms with E-state index >= 15 is 0 Å². The highest BCUT2D eigenvalue weighted by molar-refractivity contribution is 5.97. The second kappa shape index (κ2) is 5.80. The van der Waals surface area contributed by atoms with E-state index in [9.17, 15) is 19.5 Å². The van der Waals surface area contributed by atoms with Crippen LogP contribution < -0.4 is 11.1 Å². The molecule has 0 radical (unpaired) electrons. The number of urea groups is 1. The van der Waals surface area contributed by atoms with Crippen molar-refractivity contribution in [3.63, 3.8) is 0 Å². The molecule has 0 aliphatic carbocycles. The third-order valence-electron chi connectivity index (χ3n) is 3.22. The number of carbonyl (C=O) groups excluding carboxylic acids is 2. The van der Waals surface area contributed by atoms with Crippen molar-refractivity contribution in [2.75, 3.05) is 11.9 Å². The zero-order valence-electron chi connectivity index (χ0n) is 11.0. The van der Waals surface area contributed by atoms with Crippen LogP contribution in [0.1, 0.15) is 16.8 Å². The average Bonchev–Trinajstić information content (AvgIpc) is 2.80. The summed E-state index contributed by atoms with van der Waals surface area (Å²) in [6, 6.07) is 4.13. The van der Waals surface area contributed by atoms with Crippen LogP contribution in [0.4, 0.5) is 10.5 Å². The molecule has 1 saturated heterocycles. The number of carboxylic acid groups (broad SMARTS) is 1. The Kier molecular flexibility index (Phi) is 4.08. The first-order valence-electron chi connectivity index (χ1n) is 6.27. The third-order valence-corrected chi connectivity index (χ3v) is 3.22. The molecular weight excluding hydrogens is 278 g/mol. The topological polar surface area (TPSA) is 133 Å². The number of amides is 3. The van der Waals surface area contributed by atoms with Gasteiger partial charge in [0.15, 0.2) is 0 Å². The van der Waals surface area contributed by atoms with E-state index in [4.69, 9.17) is 10.8 Å². The number of nitrogens with two attached hydrogens (primary N) is 1. The molecule has 1 heterocycles. The first-order valence-corrected chi connectivity index (χ1v) is 6.27. The monoisotopic (exact) mass is 293 g/mol. The molecule has 1 aliphatic rings. The highest BCUT2D eigenvalue weighted by atomic mass is 16.4. The Morgan fingerprint density at radius 2 is 1.86 bits per heavy atom. The van der Waals surface area contributed by atoms with Gasteiger partial charge in [0.25, 0.3) is 5.91 Å². The molecule has 1 aliphatic heterocycles. The van der Waals surface area contributed by atoms with Gasteiger partial charge in [0.2, 0.25) is 0 Å². The maximum Gasteiger partial charge on any atom is 0.326 e. The number of carboxylic acids is 1. The Balaban J connectivity index is 2.15. The van der Waals surface area contributed by atoms with Gasteiger partial charge in [-0.2, -0.15) is 0 Å². The Hall–Kier alpha value is -2.61. The molecule has 2 atom stereocenters. The van der Waals surface area contributed by atoms with E-state index in [-0.39, 0.29) is 18.5 Å². The number of aliphatic hydroxyl groups excluding tert-OH is 1. The Labute approximate surface area is 120 Å². The number of hydrogen-bond donors (Lipinski definition) is 4. The quantitative estimate of drug-likeness (QED) is 0.614. The highest BCUT2D eigenvalue weighted by Crippen LogP contribution is 2.21. The fourth-order valence-corrected chi connectivity index (χ4v) is 2.28. The van der Waals surface area contributed by atoms with Crippen molar-refractivity contribution in [2.24, 2.45) is 5.73 Å². The Morgan fingerprint density at radius 3 is 2.38 bits per heavy atom. The van der Waals surface area contributed by atoms with Crippen molar-refractivity contribution in [2.45, 2.75) is 18.6 Å². The minimum atomic E-state index is -1.15. The number of primary amides is 1. The van der Waals surface area contributed by atoms with Gasteiger partial charge in [0.05, 0.1) is 6.10 Å². The number of β-amino-alcohol motifs (C(OH)–C–C–N with tert-alkyl or cyclic N) is 1. The zero-order chi connectivity index (χ0) is 15.6. The van der Waals surface area contributed by atoms with E-state index < -0.39 is 30.1 Å². The molecule has 1 fully saturated rings. The lowest BCUT2D eigenvalue weighted by Crippen LogP contribution is -2.40. The van der Waals surface area contributed by atoms with E-state index in [1.807, 2.05) is 0 Å². The van der Waals surface area contributed by atoms with Crippen molar-refractivity contribution >= 4 is 23.6 Å². The average molecular weight is 293 g/mol. The van der Waals surface area contributed by atoms with Crippen molar-refractivity contribution in [3.8, 4) is 0 Å². The number of aliphatic carboxylic acids is 1. The molecule has 21 heavy (non-hydrogen) atoms. The van der Waals surface area contributed by atoms with Crippen LogP contribution in [0, 0.1) is 0 Å². The van der Waals surface area contributed by atoms with Crippen LogP contribution >= 0.6 is 0 Å². The van der Waals surface area contributed by atoms with Gasteiger partial charge in [0.1, 0.15) is 6.04 Å². The predicted molar refractivity (Wildman–Crippen MR) is 72.7 cm³/mol. The smallest absolute Gasteiger partial charge is 0.326 e. The van der Waals surface area contributed by atoms with Gasteiger partial charge in [-0.25, -0.2) is 9.59 Å². The van der Waals surface area contributed by atoms with E-state index in [2.05, 4.69) is 5.32 Å². The summed E-state index contributed by atoms with van der Waals surface area (Å²) in [6.07, 6.45) is -0.826. The first kappa shape index (κ1) is 14.8. The molecule has 0 saturated carbocycles. The molecule has 1 unspecified atom stereocenters. The van der Waals surface area contributed by atoms with Gasteiger partial charge in [-0.15, -0.1) is 0 Å². The summed E-state index contributed by atoms with van der Waals surface area (Å²) in [5, 5.41) is 21.0. The molecule has 5 N–H and O–H groups in total. The summed E-state index contributed by atoms with van der Waals surface area (Å²) >= 11 is 0. The van der Waals surface area contributed by atoms with Gasteiger partial charge < -0.3 is 26.2 Å². The fourth-order valence-electron chi connectivity index (χ4n) is 2.28. The number of likely N-dealkylation sites (tertiary alicyclic amines) is 1. The summed E-state index contributed by atoms with van der Waals surface area (Å²) in [5.41, 5.74) is 5.67. The lowest BCUT2D eigenvalue weighted by molar-refractivity contribution is -0.141. The third kappa shape index (κ3) is 3.29. The summed E-state index contributed by atoms with van der Waals surface area (Å²) in [5.74, 6) is -1.63. The van der Waals surface area contributed by atoms with Gasteiger partial charge in [-0.3, -0.25) is 4.79 Å². The zero-order valence-corrected chi connectivity index (χ0v) is 11.0. The molecule has 3 amide bonds. The molecule has 0 spiro atoms. The van der Waals surface area contributed by atoms with Crippen molar-refractivity contribution in [3.05, 3.63) is 29.8 Å². The van der Waals surface area contributed by atoms with Crippen LogP contribution in [0.5, 0.6) is 0 Å².